The highest BCUT2D eigenvalue weighted by Gasteiger charge is 2.32. The van der Waals surface area contributed by atoms with E-state index >= 15 is 0 Å². The van der Waals surface area contributed by atoms with Gasteiger partial charge in [-0.25, -0.2) is 0 Å². The molecule has 2 atom stereocenters. The first-order valence-corrected chi connectivity index (χ1v) is 6.03. The van der Waals surface area contributed by atoms with E-state index in [0.717, 1.165) is 5.56 Å². The molecule has 0 fully saturated rings. The van der Waals surface area contributed by atoms with Crippen LogP contribution < -0.4 is 5.73 Å². The number of aliphatic hydroxyl groups is 1. The van der Waals surface area contributed by atoms with Crippen molar-refractivity contribution >= 4 is 11.6 Å². The van der Waals surface area contributed by atoms with Crippen LogP contribution in [0.5, 0.6) is 0 Å². The van der Waals surface area contributed by atoms with Gasteiger partial charge in [0.2, 0.25) is 0 Å². The molecule has 3 nitrogen and oxygen atoms in total. The number of halogens is 1. The first-order valence-electron chi connectivity index (χ1n) is 5.66. The molecule has 1 aromatic heterocycles. The lowest BCUT2D eigenvalue weighted by molar-refractivity contribution is 0.0279. The van der Waals surface area contributed by atoms with Crippen LogP contribution in [-0.4, -0.2) is 10.1 Å². The molecule has 1 aromatic carbocycles. The van der Waals surface area contributed by atoms with Crippen LogP contribution in [-0.2, 0) is 5.60 Å². The maximum atomic E-state index is 10.6. The highest BCUT2D eigenvalue weighted by Crippen LogP contribution is 2.32. The first kappa shape index (κ1) is 13.0. The van der Waals surface area contributed by atoms with Crippen LogP contribution in [0.15, 0.2) is 48.8 Å². The Hall–Kier alpha value is -1.42. The van der Waals surface area contributed by atoms with Crippen molar-refractivity contribution in [1.82, 2.24) is 4.98 Å². The standard InChI is InChI=1S/C14H15ClN2O/c1-14(18,11-3-2-8-17-9-11)13(16)10-4-6-12(15)7-5-10/h2-9,13,18H,16H2,1H3. The molecule has 18 heavy (non-hydrogen) atoms. The van der Waals surface area contributed by atoms with Gasteiger partial charge in [0.25, 0.3) is 0 Å². The smallest absolute Gasteiger partial charge is 0.107 e. The third kappa shape index (κ3) is 2.53. The number of pyridine rings is 1. The lowest BCUT2D eigenvalue weighted by Crippen LogP contribution is -2.35. The molecule has 0 amide bonds. The largest absolute Gasteiger partial charge is 0.383 e. The van der Waals surface area contributed by atoms with Gasteiger partial charge in [-0.15, -0.1) is 0 Å². The lowest BCUT2D eigenvalue weighted by Gasteiger charge is -2.30. The zero-order chi connectivity index (χ0) is 13.2. The summed E-state index contributed by atoms with van der Waals surface area (Å²) in [7, 11) is 0. The highest BCUT2D eigenvalue weighted by molar-refractivity contribution is 6.30. The second-order valence-electron chi connectivity index (χ2n) is 4.42. The summed E-state index contributed by atoms with van der Waals surface area (Å²) >= 11 is 5.83. The monoisotopic (exact) mass is 262 g/mol. The molecule has 1 heterocycles. The van der Waals surface area contributed by atoms with Crippen LogP contribution >= 0.6 is 11.6 Å². The van der Waals surface area contributed by atoms with E-state index in [1.54, 1.807) is 37.5 Å². The van der Waals surface area contributed by atoms with Crippen LogP contribution in [0.25, 0.3) is 0 Å². The van der Waals surface area contributed by atoms with E-state index in [1.807, 2.05) is 18.2 Å². The van der Waals surface area contributed by atoms with Gasteiger partial charge in [-0.05, 0) is 30.7 Å². The van der Waals surface area contributed by atoms with E-state index in [1.165, 1.54) is 0 Å². The summed E-state index contributed by atoms with van der Waals surface area (Å²) in [4.78, 5) is 4.00. The van der Waals surface area contributed by atoms with Crippen LogP contribution in [0.1, 0.15) is 24.1 Å². The van der Waals surface area contributed by atoms with Crippen molar-refractivity contribution in [2.24, 2.45) is 5.73 Å². The van der Waals surface area contributed by atoms with E-state index in [-0.39, 0.29) is 0 Å². The van der Waals surface area contributed by atoms with Crippen LogP contribution in [0.3, 0.4) is 0 Å². The first-order chi connectivity index (χ1) is 8.51. The summed E-state index contributed by atoms with van der Waals surface area (Å²) in [6.07, 6.45) is 3.28. The molecule has 0 radical (unpaired) electrons. The maximum Gasteiger partial charge on any atom is 0.107 e. The van der Waals surface area contributed by atoms with Gasteiger partial charge in [-0.3, -0.25) is 4.98 Å². The minimum atomic E-state index is -1.18. The van der Waals surface area contributed by atoms with E-state index in [2.05, 4.69) is 4.98 Å². The molecule has 0 aliphatic carbocycles. The van der Waals surface area contributed by atoms with Crippen molar-refractivity contribution in [2.45, 2.75) is 18.6 Å². The van der Waals surface area contributed by atoms with Crippen molar-refractivity contribution in [3.63, 3.8) is 0 Å². The molecule has 2 rings (SSSR count). The van der Waals surface area contributed by atoms with Crippen molar-refractivity contribution in [1.29, 1.82) is 0 Å². The number of hydrogen-bond acceptors (Lipinski definition) is 3. The summed E-state index contributed by atoms with van der Waals surface area (Å²) in [5, 5.41) is 11.2. The van der Waals surface area contributed by atoms with Crippen LogP contribution in [0.2, 0.25) is 5.02 Å². The Morgan fingerprint density at radius 1 is 1.28 bits per heavy atom. The second kappa shape index (κ2) is 5.06. The van der Waals surface area contributed by atoms with Gasteiger partial charge in [-0.2, -0.15) is 0 Å². The quantitative estimate of drug-likeness (QED) is 0.894. The summed E-state index contributed by atoms with van der Waals surface area (Å²) in [5.41, 5.74) is 6.47. The maximum absolute atomic E-state index is 10.6. The average Bonchev–Trinajstić information content (AvgIpc) is 2.40. The molecular formula is C14H15ClN2O. The van der Waals surface area contributed by atoms with Gasteiger partial charge in [0.05, 0.1) is 6.04 Å². The zero-order valence-corrected chi connectivity index (χ0v) is 10.8. The van der Waals surface area contributed by atoms with Crippen molar-refractivity contribution in [3.8, 4) is 0 Å². The Balaban J connectivity index is 2.32. The molecule has 0 saturated heterocycles. The molecule has 94 valence electrons. The Morgan fingerprint density at radius 3 is 2.50 bits per heavy atom. The fourth-order valence-electron chi connectivity index (χ4n) is 1.84. The predicted octanol–water partition coefficient (Wildman–Crippen LogP) is 2.64. The van der Waals surface area contributed by atoms with Gasteiger partial charge in [0.15, 0.2) is 0 Å². The Bertz CT molecular complexity index is 511. The van der Waals surface area contributed by atoms with Crippen LogP contribution in [0, 0.1) is 0 Å². The lowest BCUT2D eigenvalue weighted by atomic mass is 9.85. The molecule has 4 heteroatoms. The number of hydrogen-bond donors (Lipinski definition) is 2. The predicted molar refractivity (Wildman–Crippen MR) is 72.2 cm³/mol. The third-order valence-corrected chi connectivity index (χ3v) is 3.33. The van der Waals surface area contributed by atoms with Gasteiger partial charge < -0.3 is 10.8 Å². The number of benzene rings is 1. The fraction of sp³-hybridized carbons (Fsp3) is 0.214. The number of rotatable bonds is 3. The van der Waals surface area contributed by atoms with E-state index in [9.17, 15) is 5.11 Å². The average molecular weight is 263 g/mol. The van der Waals surface area contributed by atoms with E-state index < -0.39 is 11.6 Å². The molecular weight excluding hydrogens is 248 g/mol. The van der Waals surface area contributed by atoms with Crippen LogP contribution in [0.4, 0.5) is 0 Å². The summed E-state index contributed by atoms with van der Waals surface area (Å²) < 4.78 is 0. The normalized spacial score (nSPS) is 16.0. The minimum absolute atomic E-state index is 0.543. The number of nitrogens with zero attached hydrogens (tertiary/aromatic N) is 1. The molecule has 0 aliphatic heterocycles. The van der Waals surface area contributed by atoms with Gasteiger partial charge in [-0.1, -0.05) is 29.8 Å². The third-order valence-electron chi connectivity index (χ3n) is 3.08. The Kier molecular flexibility index (Phi) is 3.66. The SMILES string of the molecule is CC(O)(c1cccnc1)C(N)c1ccc(Cl)cc1. The topological polar surface area (TPSA) is 59.1 Å². The molecule has 2 unspecified atom stereocenters. The molecule has 2 aromatic rings. The Morgan fingerprint density at radius 2 is 1.94 bits per heavy atom. The molecule has 0 bridgehead atoms. The molecule has 0 saturated carbocycles. The highest BCUT2D eigenvalue weighted by atomic mass is 35.5. The van der Waals surface area contributed by atoms with E-state index in [4.69, 9.17) is 17.3 Å². The summed E-state index contributed by atoms with van der Waals surface area (Å²) in [5.74, 6) is 0. The number of aromatic nitrogens is 1. The Labute approximate surface area is 111 Å². The van der Waals surface area contributed by atoms with Gasteiger partial charge >= 0.3 is 0 Å². The van der Waals surface area contributed by atoms with Gasteiger partial charge in [0, 0.05) is 23.0 Å². The van der Waals surface area contributed by atoms with Gasteiger partial charge in [0.1, 0.15) is 5.60 Å². The van der Waals surface area contributed by atoms with Crippen molar-refractivity contribution in [3.05, 3.63) is 64.9 Å². The zero-order valence-electron chi connectivity index (χ0n) is 10.0. The molecule has 0 aliphatic rings. The minimum Gasteiger partial charge on any atom is -0.383 e. The molecule has 3 N–H and O–H groups in total. The van der Waals surface area contributed by atoms with Crippen molar-refractivity contribution in [2.75, 3.05) is 0 Å². The summed E-state index contributed by atoms with van der Waals surface area (Å²) in [6.45, 7) is 1.68. The summed E-state index contributed by atoms with van der Waals surface area (Å²) in [6, 6.07) is 10.2. The second-order valence-corrected chi connectivity index (χ2v) is 4.85. The fourth-order valence-corrected chi connectivity index (χ4v) is 1.96. The van der Waals surface area contributed by atoms with E-state index in [0.29, 0.717) is 10.6 Å². The molecule has 0 spiro atoms. The van der Waals surface area contributed by atoms with Crippen molar-refractivity contribution < 1.29 is 5.11 Å². The number of nitrogens with two attached hydrogens (primary N) is 1.